The van der Waals surface area contributed by atoms with Gasteiger partial charge in [-0.25, -0.2) is 0 Å². The highest BCUT2D eigenvalue weighted by molar-refractivity contribution is 6.07. The first-order valence-electron chi connectivity index (χ1n) is 6.49. The van der Waals surface area contributed by atoms with Crippen LogP contribution in [0.3, 0.4) is 0 Å². The molecule has 0 aliphatic carbocycles. The van der Waals surface area contributed by atoms with Crippen molar-refractivity contribution in [2.45, 2.75) is 6.92 Å². The van der Waals surface area contributed by atoms with Crippen LogP contribution in [0.2, 0.25) is 0 Å². The number of allylic oxidation sites excluding steroid dienone is 1. The predicted octanol–water partition coefficient (Wildman–Crippen LogP) is 3.67. The van der Waals surface area contributed by atoms with E-state index in [0.717, 1.165) is 0 Å². The first-order valence-corrected chi connectivity index (χ1v) is 6.49. The van der Waals surface area contributed by atoms with Crippen LogP contribution in [0, 0.1) is 28.4 Å². The highest BCUT2D eigenvalue weighted by atomic mass is 16.6. The van der Waals surface area contributed by atoms with E-state index in [1.54, 1.807) is 37.3 Å². The Morgan fingerprint density at radius 1 is 1.27 bits per heavy atom. The van der Waals surface area contributed by atoms with Crippen molar-refractivity contribution in [1.29, 1.82) is 5.26 Å². The Kier molecular flexibility index (Phi) is 4.44. The molecule has 0 atom stereocenters. The lowest BCUT2D eigenvalue weighted by molar-refractivity contribution is -0.385. The summed E-state index contributed by atoms with van der Waals surface area (Å²) >= 11 is 0. The number of nitriles is 1. The highest BCUT2D eigenvalue weighted by Gasteiger charge is 2.10. The maximum absolute atomic E-state index is 12.0. The maximum Gasteiger partial charge on any atom is 0.272 e. The minimum atomic E-state index is -0.453. The fraction of sp³-hybridized carbons (Fsp3) is 0.0588. The number of aryl methyl sites for hydroxylation is 1. The number of nitro benzene ring substituents is 1. The van der Waals surface area contributed by atoms with Crippen molar-refractivity contribution in [3.8, 4) is 6.07 Å². The molecule has 0 radical (unpaired) electrons. The van der Waals surface area contributed by atoms with Crippen molar-refractivity contribution < 1.29 is 9.72 Å². The zero-order valence-corrected chi connectivity index (χ0v) is 11.8. The molecule has 22 heavy (non-hydrogen) atoms. The highest BCUT2D eigenvalue weighted by Crippen LogP contribution is 2.20. The summed E-state index contributed by atoms with van der Waals surface area (Å²) < 4.78 is 0. The van der Waals surface area contributed by atoms with Crippen LogP contribution in [-0.2, 0) is 0 Å². The van der Waals surface area contributed by atoms with Gasteiger partial charge >= 0.3 is 0 Å². The molecule has 2 rings (SSSR count). The van der Waals surface area contributed by atoms with Crippen LogP contribution in [0.1, 0.15) is 27.0 Å². The van der Waals surface area contributed by atoms with E-state index >= 15 is 0 Å². The summed E-state index contributed by atoms with van der Waals surface area (Å²) in [5.74, 6) is -0.264. The number of nitro groups is 1. The van der Waals surface area contributed by atoms with Gasteiger partial charge in [-0.05, 0) is 30.7 Å². The maximum atomic E-state index is 12.0. The summed E-state index contributed by atoms with van der Waals surface area (Å²) in [4.78, 5) is 22.5. The number of hydrogen-bond acceptors (Lipinski definition) is 4. The molecule has 2 aromatic rings. The predicted molar refractivity (Wildman–Crippen MR) is 82.4 cm³/mol. The Labute approximate surface area is 127 Å². The molecule has 0 saturated carbocycles. The second-order valence-corrected chi connectivity index (χ2v) is 4.69. The molecule has 0 aliphatic rings. The van der Waals surface area contributed by atoms with Gasteiger partial charge in [-0.3, -0.25) is 14.9 Å². The normalized spacial score (nSPS) is 10.4. The average Bonchev–Trinajstić information content (AvgIpc) is 2.53. The van der Waals surface area contributed by atoms with E-state index in [1.165, 1.54) is 24.3 Å². The number of nitrogens with zero attached hydrogens (tertiary/aromatic N) is 2. The Balaban J connectivity index is 2.25. The van der Waals surface area contributed by atoms with Crippen molar-refractivity contribution in [2.24, 2.45) is 0 Å². The quantitative estimate of drug-likeness (QED) is 0.372. The van der Waals surface area contributed by atoms with Crippen LogP contribution in [0.5, 0.6) is 0 Å². The minimum Gasteiger partial charge on any atom is -0.289 e. The summed E-state index contributed by atoms with van der Waals surface area (Å²) in [6.07, 6.45) is 2.86. The fourth-order valence-electron chi connectivity index (χ4n) is 1.94. The third kappa shape index (κ3) is 3.44. The van der Waals surface area contributed by atoms with Crippen LogP contribution in [0.25, 0.3) is 6.08 Å². The van der Waals surface area contributed by atoms with Crippen molar-refractivity contribution in [3.05, 3.63) is 80.9 Å². The van der Waals surface area contributed by atoms with E-state index in [2.05, 4.69) is 0 Å². The number of benzene rings is 2. The Morgan fingerprint density at radius 3 is 2.73 bits per heavy atom. The number of carbonyl (C=O) groups excluding carboxylic acids is 1. The van der Waals surface area contributed by atoms with Crippen LogP contribution >= 0.6 is 0 Å². The lowest BCUT2D eigenvalue weighted by Gasteiger charge is -1.99. The van der Waals surface area contributed by atoms with Gasteiger partial charge in [0.05, 0.1) is 16.6 Å². The molecular formula is C17H12N2O3. The lowest BCUT2D eigenvalue weighted by atomic mass is 10.1. The molecule has 108 valence electrons. The van der Waals surface area contributed by atoms with Crippen molar-refractivity contribution in [3.63, 3.8) is 0 Å². The molecule has 0 spiro atoms. The van der Waals surface area contributed by atoms with Gasteiger partial charge in [0.25, 0.3) is 5.69 Å². The Morgan fingerprint density at radius 2 is 2.05 bits per heavy atom. The van der Waals surface area contributed by atoms with E-state index < -0.39 is 4.92 Å². The van der Waals surface area contributed by atoms with Crippen LogP contribution in [0.4, 0.5) is 5.69 Å². The van der Waals surface area contributed by atoms with Crippen LogP contribution < -0.4 is 0 Å². The second kappa shape index (κ2) is 6.46. The molecular weight excluding hydrogens is 280 g/mol. The van der Waals surface area contributed by atoms with Crippen molar-refractivity contribution >= 4 is 17.5 Å². The third-order valence-corrected chi connectivity index (χ3v) is 3.13. The largest absolute Gasteiger partial charge is 0.289 e. The first-order chi connectivity index (χ1) is 10.5. The minimum absolute atomic E-state index is 0.0149. The van der Waals surface area contributed by atoms with Gasteiger partial charge < -0.3 is 0 Å². The van der Waals surface area contributed by atoms with Crippen LogP contribution in [0.15, 0.2) is 48.5 Å². The van der Waals surface area contributed by atoms with E-state index in [1.807, 2.05) is 6.07 Å². The molecule has 5 nitrogen and oxygen atoms in total. The smallest absolute Gasteiger partial charge is 0.272 e. The molecule has 0 aromatic heterocycles. The van der Waals surface area contributed by atoms with Gasteiger partial charge in [-0.1, -0.05) is 30.3 Å². The van der Waals surface area contributed by atoms with E-state index in [4.69, 9.17) is 5.26 Å². The molecule has 2 aromatic carbocycles. The summed E-state index contributed by atoms with van der Waals surface area (Å²) in [6, 6.07) is 13.1. The van der Waals surface area contributed by atoms with Gasteiger partial charge in [0.2, 0.25) is 0 Å². The number of ketones is 1. The van der Waals surface area contributed by atoms with Crippen LogP contribution in [-0.4, -0.2) is 10.7 Å². The van der Waals surface area contributed by atoms with Crippen molar-refractivity contribution in [1.82, 2.24) is 0 Å². The Hall–Kier alpha value is -3.26. The van der Waals surface area contributed by atoms with Gasteiger partial charge in [0, 0.05) is 17.2 Å². The number of carbonyl (C=O) groups is 1. The first kappa shape index (κ1) is 15.1. The number of rotatable bonds is 4. The molecule has 0 aliphatic heterocycles. The van der Waals surface area contributed by atoms with E-state index in [0.29, 0.717) is 22.3 Å². The molecule has 0 heterocycles. The van der Waals surface area contributed by atoms with Crippen molar-refractivity contribution in [2.75, 3.05) is 0 Å². The summed E-state index contributed by atoms with van der Waals surface area (Å²) in [6.45, 7) is 1.66. The molecule has 0 fully saturated rings. The number of hydrogen-bond donors (Lipinski definition) is 0. The molecule has 0 unspecified atom stereocenters. The molecule has 0 amide bonds. The molecule has 0 bridgehead atoms. The average molecular weight is 292 g/mol. The zero-order chi connectivity index (χ0) is 16.1. The molecule has 0 saturated heterocycles. The third-order valence-electron chi connectivity index (χ3n) is 3.13. The standard InChI is InChI=1S/C17H12N2O3/c1-12-5-6-13(10-16(12)19(21)22)7-8-17(20)15-4-2-3-14(9-15)11-18/h2-10H,1H3/b8-7+. The summed E-state index contributed by atoms with van der Waals surface area (Å²) in [5, 5.41) is 19.7. The monoisotopic (exact) mass is 292 g/mol. The van der Waals surface area contributed by atoms with E-state index in [-0.39, 0.29) is 11.5 Å². The summed E-state index contributed by atoms with van der Waals surface area (Å²) in [7, 11) is 0. The van der Waals surface area contributed by atoms with E-state index in [9.17, 15) is 14.9 Å². The van der Waals surface area contributed by atoms with Gasteiger partial charge in [-0.2, -0.15) is 5.26 Å². The Bertz CT molecular complexity index is 817. The van der Waals surface area contributed by atoms with Gasteiger partial charge in [0.15, 0.2) is 5.78 Å². The lowest BCUT2D eigenvalue weighted by Crippen LogP contribution is -1.95. The van der Waals surface area contributed by atoms with Gasteiger partial charge in [-0.15, -0.1) is 0 Å². The summed E-state index contributed by atoms with van der Waals surface area (Å²) in [5.41, 5.74) is 1.96. The van der Waals surface area contributed by atoms with Gasteiger partial charge in [0.1, 0.15) is 0 Å². The SMILES string of the molecule is Cc1ccc(/C=C/C(=O)c2cccc(C#N)c2)cc1[N+](=O)[O-]. The fourth-order valence-corrected chi connectivity index (χ4v) is 1.94. The molecule has 5 heteroatoms. The molecule has 0 N–H and O–H groups in total. The second-order valence-electron chi connectivity index (χ2n) is 4.69. The zero-order valence-electron chi connectivity index (χ0n) is 11.8. The topological polar surface area (TPSA) is 84.0 Å².